The Morgan fingerprint density at radius 1 is 1.50 bits per heavy atom. The van der Waals surface area contributed by atoms with Crippen LogP contribution >= 0.6 is 23.8 Å². The molecule has 0 heterocycles. The summed E-state index contributed by atoms with van der Waals surface area (Å²) in [5.41, 5.74) is 6.50. The van der Waals surface area contributed by atoms with Crippen molar-refractivity contribution in [3.8, 4) is 5.75 Å². The zero-order valence-corrected chi connectivity index (χ0v) is 10.9. The van der Waals surface area contributed by atoms with Gasteiger partial charge in [-0.3, -0.25) is 0 Å². The molecule has 0 aliphatic rings. The number of halogens is 1. The van der Waals surface area contributed by atoms with Crippen LogP contribution in [0.1, 0.15) is 25.3 Å². The van der Waals surface area contributed by atoms with Crippen LogP contribution in [-0.4, -0.2) is 11.6 Å². The van der Waals surface area contributed by atoms with Crippen LogP contribution in [-0.2, 0) is 6.42 Å². The first kappa shape index (κ1) is 13.3. The second-order valence-electron chi connectivity index (χ2n) is 3.53. The minimum absolute atomic E-state index is 0.536. The van der Waals surface area contributed by atoms with E-state index in [0.29, 0.717) is 11.6 Å². The quantitative estimate of drug-likeness (QED) is 0.627. The first-order chi connectivity index (χ1) is 7.63. The molecule has 0 amide bonds. The van der Waals surface area contributed by atoms with Crippen LogP contribution in [0, 0.1) is 0 Å². The fourth-order valence-electron chi connectivity index (χ4n) is 1.35. The van der Waals surface area contributed by atoms with Gasteiger partial charge in [0.15, 0.2) is 0 Å². The molecule has 0 spiro atoms. The summed E-state index contributed by atoms with van der Waals surface area (Å²) in [6.07, 6.45) is 2.48. The van der Waals surface area contributed by atoms with E-state index < -0.39 is 0 Å². The highest BCUT2D eigenvalue weighted by atomic mass is 35.5. The number of rotatable bonds is 6. The molecule has 16 heavy (non-hydrogen) atoms. The summed E-state index contributed by atoms with van der Waals surface area (Å²) in [4.78, 5) is 0.536. The van der Waals surface area contributed by atoms with Gasteiger partial charge in [-0.15, -0.1) is 0 Å². The van der Waals surface area contributed by atoms with Crippen LogP contribution in [0.15, 0.2) is 18.2 Å². The molecule has 4 heteroatoms. The van der Waals surface area contributed by atoms with Gasteiger partial charge in [0.2, 0.25) is 0 Å². The summed E-state index contributed by atoms with van der Waals surface area (Å²) in [6.45, 7) is 2.69. The number of nitrogens with two attached hydrogens (primary N) is 1. The molecule has 2 nitrogen and oxygen atoms in total. The fourth-order valence-corrected chi connectivity index (χ4v) is 1.74. The lowest BCUT2D eigenvalue weighted by Crippen LogP contribution is -2.09. The molecule has 88 valence electrons. The molecule has 1 aromatic carbocycles. The molecule has 0 aliphatic heterocycles. The van der Waals surface area contributed by atoms with E-state index in [4.69, 9.17) is 34.3 Å². The van der Waals surface area contributed by atoms with Gasteiger partial charge in [-0.1, -0.05) is 30.7 Å². The summed E-state index contributed by atoms with van der Waals surface area (Å²) in [5, 5.41) is 0.790. The highest BCUT2D eigenvalue weighted by molar-refractivity contribution is 7.80. The molecule has 0 bridgehead atoms. The Hall–Kier alpha value is -0.800. The second kappa shape index (κ2) is 6.71. The number of hydrogen-bond acceptors (Lipinski definition) is 2. The van der Waals surface area contributed by atoms with Gasteiger partial charge in [0, 0.05) is 11.4 Å². The lowest BCUT2D eigenvalue weighted by Gasteiger charge is -2.08. The van der Waals surface area contributed by atoms with E-state index in [1.54, 1.807) is 0 Å². The van der Waals surface area contributed by atoms with E-state index in [2.05, 4.69) is 6.92 Å². The number of aryl methyl sites for hydroxylation is 1. The lowest BCUT2D eigenvalue weighted by molar-refractivity contribution is 0.313. The van der Waals surface area contributed by atoms with Crippen LogP contribution in [0.25, 0.3) is 0 Å². The normalized spacial score (nSPS) is 10.1. The third-order valence-electron chi connectivity index (χ3n) is 2.23. The van der Waals surface area contributed by atoms with Gasteiger partial charge in [-0.2, -0.15) is 0 Å². The molecule has 0 atom stereocenters. The first-order valence-electron chi connectivity index (χ1n) is 5.33. The van der Waals surface area contributed by atoms with Crippen molar-refractivity contribution in [3.05, 3.63) is 28.8 Å². The number of thiocarbonyl (C=S) groups is 1. The lowest BCUT2D eigenvalue weighted by atomic mass is 10.1. The van der Waals surface area contributed by atoms with Crippen molar-refractivity contribution in [1.29, 1.82) is 0 Å². The Morgan fingerprint density at radius 3 is 2.88 bits per heavy atom. The van der Waals surface area contributed by atoms with Crippen LogP contribution in [0.5, 0.6) is 5.75 Å². The summed E-state index contributed by atoms with van der Waals surface area (Å²) < 4.78 is 5.58. The average Bonchev–Trinajstić information content (AvgIpc) is 2.26. The van der Waals surface area contributed by atoms with Crippen LogP contribution < -0.4 is 10.5 Å². The van der Waals surface area contributed by atoms with E-state index in [-0.39, 0.29) is 0 Å². The maximum Gasteiger partial charge on any atom is 0.119 e. The molecular formula is C12H16ClNOS. The standard InChI is InChI=1S/C12H16ClNOS/c1-2-9-8-10(5-6-11(9)13)15-7-3-4-12(14)16/h5-6,8H,2-4,7H2,1H3,(H2,14,16). The Morgan fingerprint density at radius 2 is 2.25 bits per heavy atom. The molecule has 1 aromatic rings. The minimum Gasteiger partial charge on any atom is -0.494 e. The first-order valence-corrected chi connectivity index (χ1v) is 6.11. The predicted octanol–water partition coefficient (Wildman–Crippen LogP) is 3.35. The van der Waals surface area contributed by atoms with Crippen molar-refractivity contribution in [2.45, 2.75) is 26.2 Å². The van der Waals surface area contributed by atoms with Crippen molar-refractivity contribution in [1.82, 2.24) is 0 Å². The van der Waals surface area contributed by atoms with Gasteiger partial charge >= 0.3 is 0 Å². The number of hydrogen-bond donors (Lipinski definition) is 1. The molecule has 2 N–H and O–H groups in total. The Balaban J connectivity index is 2.45. The van der Waals surface area contributed by atoms with E-state index in [9.17, 15) is 0 Å². The Kier molecular flexibility index (Phi) is 5.56. The fraction of sp³-hybridized carbons (Fsp3) is 0.417. The number of ether oxygens (including phenoxy) is 1. The van der Waals surface area contributed by atoms with Gasteiger partial charge in [-0.25, -0.2) is 0 Å². The van der Waals surface area contributed by atoms with Crippen LogP contribution in [0.4, 0.5) is 0 Å². The van der Waals surface area contributed by atoms with E-state index >= 15 is 0 Å². The maximum absolute atomic E-state index is 6.01. The zero-order chi connectivity index (χ0) is 12.0. The Bertz CT molecular complexity index is 368. The van der Waals surface area contributed by atoms with E-state index in [0.717, 1.165) is 35.6 Å². The van der Waals surface area contributed by atoms with Gasteiger partial charge in [0.25, 0.3) is 0 Å². The molecule has 0 aromatic heterocycles. The third kappa shape index (κ3) is 4.37. The summed E-state index contributed by atoms with van der Waals surface area (Å²) >= 11 is 10.8. The highest BCUT2D eigenvalue weighted by Crippen LogP contribution is 2.22. The molecule has 0 radical (unpaired) electrons. The van der Waals surface area contributed by atoms with Crippen molar-refractivity contribution < 1.29 is 4.74 Å². The topological polar surface area (TPSA) is 35.2 Å². The van der Waals surface area contributed by atoms with Gasteiger partial charge < -0.3 is 10.5 Å². The van der Waals surface area contributed by atoms with Gasteiger partial charge in [0.1, 0.15) is 5.75 Å². The van der Waals surface area contributed by atoms with Gasteiger partial charge in [-0.05, 0) is 36.6 Å². The maximum atomic E-state index is 6.01. The SMILES string of the molecule is CCc1cc(OCCCC(N)=S)ccc1Cl. The largest absolute Gasteiger partial charge is 0.494 e. The second-order valence-corrected chi connectivity index (χ2v) is 4.46. The van der Waals surface area contributed by atoms with E-state index in [1.165, 1.54) is 0 Å². The van der Waals surface area contributed by atoms with Crippen molar-refractivity contribution in [3.63, 3.8) is 0 Å². The monoisotopic (exact) mass is 257 g/mol. The number of benzene rings is 1. The van der Waals surface area contributed by atoms with Crippen molar-refractivity contribution in [2.75, 3.05) is 6.61 Å². The molecule has 0 saturated carbocycles. The van der Waals surface area contributed by atoms with Crippen molar-refractivity contribution >= 4 is 28.8 Å². The average molecular weight is 258 g/mol. The molecule has 0 aliphatic carbocycles. The summed E-state index contributed by atoms with van der Waals surface area (Å²) in [5.74, 6) is 0.851. The molecule has 0 unspecified atom stereocenters. The van der Waals surface area contributed by atoms with Crippen LogP contribution in [0.2, 0.25) is 5.02 Å². The summed E-state index contributed by atoms with van der Waals surface area (Å²) in [7, 11) is 0. The molecule has 0 saturated heterocycles. The zero-order valence-electron chi connectivity index (χ0n) is 9.33. The minimum atomic E-state index is 0.536. The molecule has 1 rings (SSSR count). The predicted molar refractivity (Wildman–Crippen MR) is 72.3 cm³/mol. The van der Waals surface area contributed by atoms with Crippen LogP contribution in [0.3, 0.4) is 0 Å². The smallest absolute Gasteiger partial charge is 0.119 e. The Labute approximate surface area is 107 Å². The molecule has 0 fully saturated rings. The molecular weight excluding hydrogens is 242 g/mol. The van der Waals surface area contributed by atoms with E-state index in [1.807, 2.05) is 18.2 Å². The highest BCUT2D eigenvalue weighted by Gasteiger charge is 2.01. The van der Waals surface area contributed by atoms with Gasteiger partial charge in [0.05, 0.1) is 11.6 Å². The van der Waals surface area contributed by atoms with Crippen molar-refractivity contribution in [2.24, 2.45) is 5.73 Å². The third-order valence-corrected chi connectivity index (χ3v) is 2.81. The summed E-state index contributed by atoms with van der Waals surface area (Å²) in [6, 6.07) is 5.72.